The van der Waals surface area contributed by atoms with Crippen molar-refractivity contribution in [2.24, 2.45) is 5.41 Å². The number of anilines is 1. The molecule has 19 heavy (non-hydrogen) atoms. The zero-order valence-electron chi connectivity index (χ0n) is 11.7. The van der Waals surface area contributed by atoms with Gasteiger partial charge < -0.3 is 4.90 Å². The van der Waals surface area contributed by atoms with Crippen LogP contribution in [0.15, 0.2) is 29.8 Å². The quantitative estimate of drug-likeness (QED) is 0.715. The summed E-state index contributed by atoms with van der Waals surface area (Å²) in [5.41, 5.74) is 2.46. The molecule has 2 nitrogen and oxygen atoms in total. The highest BCUT2D eigenvalue weighted by molar-refractivity contribution is 5.60. The van der Waals surface area contributed by atoms with Crippen molar-refractivity contribution in [3.8, 4) is 6.07 Å². The van der Waals surface area contributed by atoms with E-state index in [1.54, 1.807) is 6.07 Å². The van der Waals surface area contributed by atoms with Gasteiger partial charge in [0, 0.05) is 13.1 Å². The first-order chi connectivity index (χ1) is 8.93. The SMILES string of the molecule is CC(C)(C)C1=CCN(c2cccc(F)c2C#N)CC1. The van der Waals surface area contributed by atoms with Crippen molar-refractivity contribution in [3.05, 3.63) is 41.2 Å². The highest BCUT2D eigenvalue weighted by Gasteiger charge is 2.23. The van der Waals surface area contributed by atoms with Crippen LogP contribution in [0.2, 0.25) is 0 Å². The summed E-state index contributed by atoms with van der Waals surface area (Å²) in [4.78, 5) is 2.07. The Morgan fingerprint density at radius 2 is 2.05 bits per heavy atom. The van der Waals surface area contributed by atoms with Gasteiger partial charge in [0.1, 0.15) is 17.4 Å². The average molecular weight is 258 g/mol. The highest BCUT2D eigenvalue weighted by atomic mass is 19.1. The van der Waals surface area contributed by atoms with Crippen LogP contribution < -0.4 is 4.90 Å². The van der Waals surface area contributed by atoms with E-state index in [0.717, 1.165) is 19.5 Å². The number of hydrogen-bond acceptors (Lipinski definition) is 2. The molecular weight excluding hydrogens is 239 g/mol. The van der Waals surface area contributed by atoms with Crippen molar-refractivity contribution in [2.45, 2.75) is 27.2 Å². The Kier molecular flexibility index (Phi) is 3.61. The second kappa shape index (κ2) is 5.05. The predicted molar refractivity (Wildman–Crippen MR) is 75.5 cm³/mol. The summed E-state index contributed by atoms with van der Waals surface area (Å²) >= 11 is 0. The number of halogens is 1. The third kappa shape index (κ3) is 2.78. The molecular formula is C16H19FN2. The first-order valence-corrected chi connectivity index (χ1v) is 6.56. The molecule has 1 aliphatic heterocycles. The zero-order valence-corrected chi connectivity index (χ0v) is 11.7. The lowest BCUT2D eigenvalue weighted by atomic mass is 9.83. The van der Waals surface area contributed by atoms with Gasteiger partial charge >= 0.3 is 0 Å². The summed E-state index contributed by atoms with van der Waals surface area (Å²) in [6.45, 7) is 8.19. The summed E-state index contributed by atoms with van der Waals surface area (Å²) in [5.74, 6) is -0.439. The van der Waals surface area contributed by atoms with E-state index in [-0.39, 0.29) is 11.0 Å². The Balaban J connectivity index is 2.26. The zero-order chi connectivity index (χ0) is 14.0. The van der Waals surface area contributed by atoms with Gasteiger partial charge in [0.15, 0.2) is 0 Å². The van der Waals surface area contributed by atoms with E-state index in [9.17, 15) is 4.39 Å². The van der Waals surface area contributed by atoms with Crippen LogP contribution in [0.3, 0.4) is 0 Å². The van der Waals surface area contributed by atoms with Gasteiger partial charge in [-0.15, -0.1) is 0 Å². The summed E-state index contributed by atoms with van der Waals surface area (Å²) in [7, 11) is 0. The van der Waals surface area contributed by atoms with Crippen LogP contribution in [0.4, 0.5) is 10.1 Å². The lowest BCUT2D eigenvalue weighted by Crippen LogP contribution is -2.31. The average Bonchev–Trinajstić information content (AvgIpc) is 2.37. The van der Waals surface area contributed by atoms with Gasteiger partial charge in [0.25, 0.3) is 0 Å². The number of hydrogen-bond donors (Lipinski definition) is 0. The topological polar surface area (TPSA) is 27.0 Å². The molecule has 2 rings (SSSR count). The summed E-state index contributed by atoms with van der Waals surface area (Å²) in [6.07, 6.45) is 3.17. The van der Waals surface area contributed by atoms with E-state index >= 15 is 0 Å². The Labute approximate surface area is 114 Å². The predicted octanol–water partition coefficient (Wildman–Crippen LogP) is 3.88. The van der Waals surface area contributed by atoms with Crippen molar-refractivity contribution < 1.29 is 4.39 Å². The molecule has 1 heterocycles. The van der Waals surface area contributed by atoms with Crippen LogP contribution in [-0.4, -0.2) is 13.1 Å². The summed E-state index contributed by atoms with van der Waals surface area (Å²) in [5, 5.41) is 9.08. The molecule has 0 N–H and O–H groups in total. The lowest BCUT2D eigenvalue weighted by Gasteiger charge is -2.33. The monoisotopic (exact) mass is 258 g/mol. The molecule has 0 saturated heterocycles. The van der Waals surface area contributed by atoms with Crippen LogP contribution in [0.25, 0.3) is 0 Å². The number of benzene rings is 1. The third-order valence-corrected chi connectivity index (χ3v) is 3.62. The standard InChI is InChI=1S/C16H19FN2/c1-16(2,3)12-7-9-19(10-8-12)15-6-4-5-14(17)13(15)11-18/h4-7H,8-10H2,1-3H3. The molecule has 0 bridgehead atoms. The maximum absolute atomic E-state index is 13.6. The maximum Gasteiger partial charge on any atom is 0.143 e. The van der Waals surface area contributed by atoms with Gasteiger partial charge in [-0.3, -0.25) is 0 Å². The third-order valence-electron chi connectivity index (χ3n) is 3.62. The van der Waals surface area contributed by atoms with E-state index in [4.69, 9.17) is 5.26 Å². The highest BCUT2D eigenvalue weighted by Crippen LogP contribution is 2.32. The normalized spacial score (nSPS) is 15.9. The molecule has 1 aliphatic rings. The van der Waals surface area contributed by atoms with Crippen LogP contribution in [0.1, 0.15) is 32.8 Å². The van der Waals surface area contributed by atoms with E-state index in [1.165, 1.54) is 11.6 Å². The van der Waals surface area contributed by atoms with E-state index < -0.39 is 5.82 Å². The Hall–Kier alpha value is -1.82. The number of nitrogens with zero attached hydrogens (tertiary/aromatic N) is 2. The van der Waals surface area contributed by atoms with Gasteiger partial charge in [-0.1, -0.05) is 38.5 Å². The van der Waals surface area contributed by atoms with Crippen LogP contribution in [0, 0.1) is 22.6 Å². The van der Waals surface area contributed by atoms with Crippen LogP contribution in [0.5, 0.6) is 0 Å². The second-order valence-corrected chi connectivity index (χ2v) is 5.92. The van der Waals surface area contributed by atoms with Crippen molar-refractivity contribution in [1.82, 2.24) is 0 Å². The van der Waals surface area contributed by atoms with Crippen LogP contribution >= 0.6 is 0 Å². The minimum Gasteiger partial charge on any atom is -0.366 e. The lowest BCUT2D eigenvalue weighted by molar-refractivity contribution is 0.472. The molecule has 0 fully saturated rings. The van der Waals surface area contributed by atoms with Crippen LogP contribution in [-0.2, 0) is 0 Å². The fourth-order valence-corrected chi connectivity index (χ4v) is 2.46. The molecule has 0 amide bonds. The molecule has 0 atom stereocenters. The maximum atomic E-state index is 13.6. The van der Waals surface area contributed by atoms with Crippen molar-refractivity contribution in [1.29, 1.82) is 5.26 Å². The largest absolute Gasteiger partial charge is 0.366 e. The molecule has 0 unspecified atom stereocenters. The molecule has 1 aromatic rings. The molecule has 0 saturated carbocycles. The minimum atomic E-state index is -0.439. The summed E-state index contributed by atoms with van der Waals surface area (Å²) < 4.78 is 13.6. The Morgan fingerprint density at radius 3 is 2.58 bits per heavy atom. The Morgan fingerprint density at radius 1 is 1.32 bits per heavy atom. The van der Waals surface area contributed by atoms with Gasteiger partial charge in [0.2, 0.25) is 0 Å². The number of rotatable bonds is 1. The fraction of sp³-hybridized carbons (Fsp3) is 0.438. The van der Waals surface area contributed by atoms with Crippen molar-refractivity contribution >= 4 is 5.69 Å². The summed E-state index contributed by atoms with van der Waals surface area (Å²) in [6, 6.07) is 6.78. The molecule has 0 aliphatic carbocycles. The molecule has 0 aromatic heterocycles. The first-order valence-electron chi connectivity index (χ1n) is 6.56. The molecule has 3 heteroatoms. The van der Waals surface area contributed by atoms with Crippen molar-refractivity contribution in [2.75, 3.05) is 18.0 Å². The van der Waals surface area contributed by atoms with E-state index in [1.807, 2.05) is 12.1 Å². The molecule has 1 aromatic carbocycles. The minimum absolute atomic E-state index is 0.148. The molecule has 0 spiro atoms. The van der Waals surface area contributed by atoms with Crippen molar-refractivity contribution in [3.63, 3.8) is 0 Å². The Bertz CT molecular complexity index is 547. The number of nitriles is 1. The van der Waals surface area contributed by atoms with E-state index in [2.05, 4.69) is 31.7 Å². The molecule has 0 radical (unpaired) electrons. The van der Waals surface area contributed by atoms with Gasteiger partial charge in [-0.05, 0) is 24.0 Å². The fourth-order valence-electron chi connectivity index (χ4n) is 2.46. The van der Waals surface area contributed by atoms with Gasteiger partial charge in [-0.2, -0.15) is 5.26 Å². The smallest absolute Gasteiger partial charge is 0.143 e. The second-order valence-electron chi connectivity index (χ2n) is 5.92. The molecule has 100 valence electrons. The first kappa shape index (κ1) is 13.6. The van der Waals surface area contributed by atoms with E-state index in [0.29, 0.717) is 5.69 Å². The van der Waals surface area contributed by atoms with Gasteiger partial charge in [0.05, 0.1) is 5.69 Å². The van der Waals surface area contributed by atoms with Gasteiger partial charge in [-0.25, -0.2) is 4.39 Å².